The van der Waals surface area contributed by atoms with E-state index in [9.17, 15) is 14.7 Å². The molecule has 0 aliphatic heterocycles. The van der Waals surface area contributed by atoms with E-state index in [0.29, 0.717) is 18.0 Å². The van der Waals surface area contributed by atoms with Gasteiger partial charge in [0.1, 0.15) is 11.8 Å². The third kappa shape index (κ3) is 5.00. The molecule has 2 rings (SSSR count). The van der Waals surface area contributed by atoms with Crippen LogP contribution in [0, 0.1) is 5.92 Å². The van der Waals surface area contributed by atoms with Crippen molar-refractivity contribution in [1.82, 2.24) is 25.5 Å². The number of rotatable bonds is 8. The monoisotopic (exact) mass is 347 g/mol. The average molecular weight is 347 g/mol. The molecule has 134 valence electrons. The third-order valence-corrected chi connectivity index (χ3v) is 3.79. The van der Waals surface area contributed by atoms with Gasteiger partial charge in [-0.3, -0.25) is 4.79 Å². The van der Waals surface area contributed by atoms with Gasteiger partial charge in [0, 0.05) is 5.56 Å². The fourth-order valence-corrected chi connectivity index (χ4v) is 2.15. The first-order chi connectivity index (χ1) is 11.9. The number of nitrogens with one attached hydrogen (secondary N) is 1. The molecule has 2 atom stereocenters. The van der Waals surface area contributed by atoms with Crippen molar-refractivity contribution in [2.45, 2.75) is 26.3 Å². The standard InChI is InChI=1S/C16H21N5O4/c1-4-10(2)14(16(23)24)17-13(22)9-25-12-7-5-11(6-8-12)15-18-20-21(3)19-15/h5-8,10,14H,4,9H2,1-3H3,(H,17,22)(H,23,24)/t10-,14-/m1/s1. The summed E-state index contributed by atoms with van der Waals surface area (Å²) in [5, 5.41) is 23.4. The molecule has 2 N–H and O–H groups in total. The smallest absolute Gasteiger partial charge is 0.326 e. The Morgan fingerprint density at radius 2 is 2.00 bits per heavy atom. The maximum absolute atomic E-state index is 11.9. The average Bonchev–Trinajstić information content (AvgIpc) is 3.03. The fraction of sp³-hybridized carbons (Fsp3) is 0.438. The highest BCUT2D eigenvalue weighted by molar-refractivity contribution is 5.84. The normalized spacial score (nSPS) is 13.1. The molecule has 0 saturated heterocycles. The van der Waals surface area contributed by atoms with Crippen molar-refractivity contribution < 1.29 is 19.4 Å². The Labute approximate surface area is 145 Å². The number of benzene rings is 1. The van der Waals surface area contributed by atoms with Crippen molar-refractivity contribution in [1.29, 1.82) is 0 Å². The minimum Gasteiger partial charge on any atom is -0.484 e. The Balaban J connectivity index is 1.90. The number of carbonyl (C=O) groups excluding carboxylic acids is 1. The van der Waals surface area contributed by atoms with E-state index >= 15 is 0 Å². The van der Waals surface area contributed by atoms with Gasteiger partial charge in [-0.15, -0.1) is 10.2 Å². The van der Waals surface area contributed by atoms with Crippen LogP contribution in [0.4, 0.5) is 0 Å². The zero-order valence-electron chi connectivity index (χ0n) is 14.3. The molecular formula is C16H21N5O4. The van der Waals surface area contributed by atoms with Crippen LogP contribution < -0.4 is 10.1 Å². The van der Waals surface area contributed by atoms with Gasteiger partial charge in [0.25, 0.3) is 5.91 Å². The molecule has 0 aliphatic rings. The van der Waals surface area contributed by atoms with Crippen molar-refractivity contribution in [3.63, 3.8) is 0 Å². The van der Waals surface area contributed by atoms with Gasteiger partial charge >= 0.3 is 5.97 Å². The van der Waals surface area contributed by atoms with Crippen molar-refractivity contribution in [2.75, 3.05) is 6.61 Å². The highest BCUT2D eigenvalue weighted by atomic mass is 16.5. The number of nitrogens with zero attached hydrogens (tertiary/aromatic N) is 4. The number of aryl methyl sites for hydroxylation is 1. The lowest BCUT2D eigenvalue weighted by molar-refractivity contribution is -0.143. The van der Waals surface area contributed by atoms with Crippen LogP contribution in [0.3, 0.4) is 0 Å². The highest BCUT2D eigenvalue weighted by Gasteiger charge is 2.25. The Morgan fingerprint density at radius 1 is 1.32 bits per heavy atom. The summed E-state index contributed by atoms with van der Waals surface area (Å²) >= 11 is 0. The minimum atomic E-state index is -1.05. The summed E-state index contributed by atoms with van der Waals surface area (Å²) in [6, 6.07) is 5.95. The van der Waals surface area contributed by atoms with Crippen LogP contribution in [0.1, 0.15) is 20.3 Å². The fourth-order valence-electron chi connectivity index (χ4n) is 2.15. The van der Waals surface area contributed by atoms with Gasteiger partial charge in [-0.1, -0.05) is 20.3 Å². The quantitative estimate of drug-likeness (QED) is 0.727. The molecule has 2 aromatic rings. The predicted molar refractivity (Wildman–Crippen MR) is 88.8 cm³/mol. The molecule has 0 fully saturated rings. The number of carboxylic acid groups (broad SMARTS) is 1. The largest absolute Gasteiger partial charge is 0.484 e. The van der Waals surface area contributed by atoms with E-state index < -0.39 is 17.9 Å². The van der Waals surface area contributed by atoms with Crippen LogP contribution >= 0.6 is 0 Å². The summed E-state index contributed by atoms with van der Waals surface area (Å²) < 4.78 is 5.39. The summed E-state index contributed by atoms with van der Waals surface area (Å²) in [5.41, 5.74) is 0.771. The lowest BCUT2D eigenvalue weighted by Gasteiger charge is -2.20. The molecule has 9 heteroatoms. The van der Waals surface area contributed by atoms with E-state index in [1.54, 1.807) is 38.2 Å². The predicted octanol–water partition coefficient (Wildman–Crippen LogP) is 0.871. The van der Waals surface area contributed by atoms with Crippen LogP contribution in [-0.4, -0.2) is 49.8 Å². The summed E-state index contributed by atoms with van der Waals surface area (Å²) in [4.78, 5) is 24.5. The topological polar surface area (TPSA) is 119 Å². The highest BCUT2D eigenvalue weighted by Crippen LogP contribution is 2.18. The summed E-state index contributed by atoms with van der Waals surface area (Å²) in [6.45, 7) is 3.39. The van der Waals surface area contributed by atoms with Gasteiger partial charge < -0.3 is 15.2 Å². The van der Waals surface area contributed by atoms with Crippen LogP contribution in [0.5, 0.6) is 5.75 Å². The minimum absolute atomic E-state index is 0.166. The number of hydrogen-bond acceptors (Lipinski definition) is 6. The van der Waals surface area contributed by atoms with E-state index in [0.717, 1.165) is 5.56 Å². The zero-order chi connectivity index (χ0) is 18.4. The SMILES string of the molecule is CC[C@@H](C)[C@@H](NC(=O)COc1ccc(-c2nnn(C)n2)cc1)C(=O)O. The van der Waals surface area contributed by atoms with E-state index in [1.165, 1.54) is 4.80 Å². The molecular weight excluding hydrogens is 326 g/mol. The second-order valence-corrected chi connectivity index (χ2v) is 5.68. The molecule has 0 aliphatic carbocycles. The van der Waals surface area contributed by atoms with E-state index in [-0.39, 0.29) is 12.5 Å². The van der Waals surface area contributed by atoms with E-state index in [4.69, 9.17) is 4.74 Å². The van der Waals surface area contributed by atoms with Crippen molar-refractivity contribution in [2.24, 2.45) is 13.0 Å². The molecule has 0 spiro atoms. The number of hydrogen-bond donors (Lipinski definition) is 2. The Morgan fingerprint density at radius 3 is 2.52 bits per heavy atom. The van der Waals surface area contributed by atoms with Crippen LogP contribution in [0.15, 0.2) is 24.3 Å². The lowest BCUT2D eigenvalue weighted by Crippen LogP contribution is -2.46. The number of tetrazole rings is 1. The first kappa shape index (κ1) is 18.4. The van der Waals surface area contributed by atoms with Gasteiger partial charge in [-0.25, -0.2) is 4.79 Å². The molecule has 0 unspecified atom stereocenters. The van der Waals surface area contributed by atoms with E-state index in [2.05, 4.69) is 20.7 Å². The van der Waals surface area contributed by atoms with Crippen LogP contribution in [0.2, 0.25) is 0 Å². The van der Waals surface area contributed by atoms with Crippen LogP contribution in [0.25, 0.3) is 11.4 Å². The van der Waals surface area contributed by atoms with Crippen molar-refractivity contribution in [3.05, 3.63) is 24.3 Å². The first-order valence-electron chi connectivity index (χ1n) is 7.90. The zero-order valence-corrected chi connectivity index (χ0v) is 14.3. The molecule has 25 heavy (non-hydrogen) atoms. The second kappa shape index (κ2) is 8.22. The molecule has 0 bridgehead atoms. The molecule has 1 aromatic carbocycles. The number of ether oxygens (including phenoxy) is 1. The maximum atomic E-state index is 11.9. The van der Waals surface area contributed by atoms with Gasteiger partial charge in [-0.05, 0) is 35.4 Å². The molecule has 1 aromatic heterocycles. The van der Waals surface area contributed by atoms with Gasteiger partial charge in [0.05, 0.1) is 7.05 Å². The number of carboxylic acids is 1. The Kier molecular flexibility index (Phi) is 6.04. The van der Waals surface area contributed by atoms with Gasteiger partial charge in [0.2, 0.25) is 5.82 Å². The number of aromatic nitrogens is 4. The second-order valence-electron chi connectivity index (χ2n) is 5.68. The number of carbonyl (C=O) groups is 2. The van der Waals surface area contributed by atoms with Crippen molar-refractivity contribution in [3.8, 4) is 17.1 Å². The molecule has 1 heterocycles. The summed E-state index contributed by atoms with van der Waals surface area (Å²) in [5.74, 6) is -0.723. The maximum Gasteiger partial charge on any atom is 0.326 e. The summed E-state index contributed by atoms with van der Waals surface area (Å²) in [6.07, 6.45) is 0.649. The lowest BCUT2D eigenvalue weighted by atomic mass is 9.99. The molecule has 9 nitrogen and oxygen atoms in total. The number of aliphatic carboxylic acids is 1. The van der Waals surface area contributed by atoms with Gasteiger partial charge in [0.15, 0.2) is 6.61 Å². The molecule has 0 saturated carbocycles. The third-order valence-electron chi connectivity index (χ3n) is 3.79. The first-order valence-corrected chi connectivity index (χ1v) is 7.90. The molecule has 1 amide bonds. The van der Waals surface area contributed by atoms with E-state index in [1.807, 2.05) is 6.92 Å². The Hall–Kier alpha value is -2.97. The van der Waals surface area contributed by atoms with Gasteiger partial charge in [-0.2, -0.15) is 4.80 Å². The summed E-state index contributed by atoms with van der Waals surface area (Å²) in [7, 11) is 1.68. The van der Waals surface area contributed by atoms with Crippen LogP contribution in [-0.2, 0) is 16.6 Å². The Bertz CT molecular complexity index is 728. The number of amides is 1. The van der Waals surface area contributed by atoms with Crippen molar-refractivity contribution >= 4 is 11.9 Å². The molecule has 0 radical (unpaired) electrons.